The van der Waals surface area contributed by atoms with E-state index in [0.717, 1.165) is 23.1 Å². The third kappa shape index (κ3) is 2.34. The zero-order valence-electron chi connectivity index (χ0n) is 8.84. The molecule has 1 unspecified atom stereocenters. The van der Waals surface area contributed by atoms with Gasteiger partial charge in [-0.3, -0.25) is 16.0 Å². The van der Waals surface area contributed by atoms with Gasteiger partial charge in [0.25, 0.3) is 0 Å². The average molecular weight is 261 g/mol. The molecule has 1 aromatic heterocycles. The molecule has 0 aliphatic rings. The first-order chi connectivity index (χ1) is 6.60. The molecule has 1 heterocycles. The van der Waals surface area contributed by atoms with Crippen molar-refractivity contribution < 1.29 is 0 Å². The van der Waals surface area contributed by atoms with Crippen LogP contribution in [0.3, 0.4) is 0 Å². The summed E-state index contributed by atoms with van der Waals surface area (Å²) in [5, 5.41) is 4.42. The molecule has 3 N–H and O–H groups in total. The lowest BCUT2D eigenvalue weighted by molar-refractivity contribution is 0.528. The summed E-state index contributed by atoms with van der Waals surface area (Å²) >= 11 is 3.55. The van der Waals surface area contributed by atoms with E-state index in [1.807, 2.05) is 11.6 Å². The normalized spacial score (nSPS) is 13.2. The van der Waals surface area contributed by atoms with Gasteiger partial charge in [-0.05, 0) is 36.7 Å². The molecule has 1 aromatic rings. The number of aryl methyl sites for hydroxylation is 2. The SMILES string of the molecule is CCn1nc(C)c(Br)c1CC(C)NN. The minimum atomic E-state index is 0.257. The van der Waals surface area contributed by atoms with E-state index in [4.69, 9.17) is 5.84 Å². The van der Waals surface area contributed by atoms with Crippen molar-refractivity contribution in [2.45, 2.75) is 39.8 Å². The van der Waals surface area contributed by atoms with Crippen molar-refractivity contribution in [3.05, 3.63) is 15.9 Å². The zero-order chi connectivity index (χ0) is 10.7. The minimum Gasteiger partial charge on any atom is -0.271 e. The highest BCUT2D eigenvalue weighted by Crippen LogP contribution is 2.22. The Labute approximate surface area is 93.0 Å². The summed E-state index contributed by atoms with van der Waals surface area (Å²) in [6.45, 7) is 7.02. The van der Waals surface area contributed by atoms with Gasteiger partial charge in [0.05, 0.1) is 15.9 Å². The van der Waals surface area contributed by atoms with Crippen molar-refractivity contribution in [3.8, 4) is 0 Å². The van der Waals surface area contributed by atoms with Crippen LogP contribution in [-0.4, -0.2) is 15.8 Å². The molecule has 0 bridgehead atoms. The number of nitrogens with one attached hydrogen (secondary N) is 1. The first-order valence-corrected chi connectivity index (χ1v) is 5.57. The Kier molecular flexibility index (Phi) is 4.10. The number of hydrazine groups is 1. The van der Waals surface area contributed by atoms with Crippen molar-refractivity contribution in [1.82, 2.24) is 15.2 Å². The number of hydrogen-bond acceptors (Lipinski definition) is 3. The number of aromatic nitrogens is 2. The molecule has 0 aliphatic heterocycles. The quantitative estimate of drug-likeness (QED) is 0.635. The first kappa shape index (κ1) is 11.7. The highest BCUT2D eigenvalue weighted by Gasteiger charge is 2.13. The number of hydrogen-bond donors (Lipinski definition) is 2. The molecule has 0 saturated carbocycles. The number of nitrogens with two attached hydrogens (primary N) is 1. The van der Waals surface area contributed by atoms with Crippen molar-refractivity contribution in [2.24, 2.45) is 5.84 Å². The molecule has 80 valence electrons. The largest absolute Gasteiger partial charge is 0.271 e. The fourth-order valence-corrected chi connectivity index (χ4v) is 1.86. The van der Waals surface area contributed by atoms with E-state index < -0.39 is 0 Å². The van der Waals surface area contributed by atoms with E-state index in [9.17, 15) is 0 Å². The van der Waals surface area contributed by atoms with Crippen LogP contribution in [0.25, 0.3) is 0 Å². The third-order valence-electron chi connectivity index (χ3n) is 2.24. The van der Waals surface area contributed by atoms with Gasteiger partial charge in [0, 0.05) is 19.0 Å². The van der Waals surface area contributed by atoms with Crippen molar-refractivity contribution in [2.75, 3.05) is 0 Å². The fourth-order valence-electron chi connectivity index (χ4n) is 1.41. The van der Waals surface area contributed by atoms with Gasteiger partial charge in [-0.15, -0.1) is 0 Å². The van der Waals surface area contributed by atoms with Gasteiger partial charge in [0.1, 0.15) is 0 Å². The molecule has 0 aliphatic carbocycles. The summed E-state index contributed by atoms with van der Waals surface area (Å²) in [5.41, 5.74) is 4.98. The Morgan fingerprint density at radius 3 is 2.79 bits per heavy atom. The average Bonchev–Trinajstić information content (AvgIpc) is 2.45. The van der Waals surface area contributed by atoms with Crippen LogP contribution in [0, 0.1) is 6.92 Å². The minimum absolute atomic E-state index is 0.257. The molecule has 0 spiro atoms. The topological polar surface area (TPSA) is 55.9 Å². The summed E-state index contributed by atoms with van der Waals surface area (Å²) in [4.78, 5) is 0. The molecule has 1 rings (SSSR count). The second kappa shape index (κ2) is 4.91. The number of halogens is 1. The fraction of sp³-hybridized carbons (Fsp3) is 0.667. The Morgan fingerprint density at radius 2 is 2.29 bits per heavy atom. The summed E-state index contributed by atoms with van der Waals surface area (Å²) < 4.78 is 3.11. The zero-order valence-corrected chi connectivity index (χ0v) is 10.4. The van der Waals surface area contributed by atoms with Gasteiger partial charge in [0.15, 0.2) is 0 Å². The van der Waals surface area contributed by atoms with Gasteiger partial charge in [-0.2, -0.15) is 5.10 Å². The van der Waals surface area contributed by atoms with Crippen LogP contribution in [-0.2, 0) is 13.0 Å². The van der Waals surface area contributed by atoms with Gasteiger partial charge in [0.2, 0.25) is 0 Å². The monoisotopic (exact) mass is 260 g/mol. The van der Waals surface area contributed by atoms with Crippen LogP contribution in [0.4, 0.5) is 0 Å². The second-order valence-corrected chi connectivity index (χ2v) is 4.23. The van der Waals surface area contributed by atoms with Crippen LogP contribution in [0.1, 0.15) is 25.2 Å². The molecule has 0 aromatic carbocycles. The van der Waals surface area contributed by atoms with Crippen LogP contribution in [0.5, 0.6) is 0 Å². The number of nitrogens with zero attached hydrogens (tertiary/aromatic N) is 2. The maximum atomic E-state index is 5.37. The predicted octanol–water partition coefficient (Wildman–Crippen LogP) is 1.37. The summed E-state index contributed by atoms with van der Waals surface area (Å²) in [5.74, 6) is 5.37. The van der Waals surface area contributed by atoms with E-state index in [2.05, 4.69) is 40.3 Å². The van der Waals surface area contributed by atoms with Crippen LogP contribution in [0.15, 0.2) is 4.47 Å². The Hall–Kier alpha value is -0.390. The molecular formula is C9H17BrN4. The van der Waals surface area contributed by atoms with Gasteiger partial charge >= 0.3 is 0 Å². The smallest absolute Gasteiger partial charge is 0.0738 e. The van der Waals surface area contributed by atoms with Crippen LogP contribution in [0.2, 0.25) is 0 Å². The van der Waals surface area contributed by atoms with Gasteiger partial charge in [-0.25, -0.2) is 0 Å². The van der Waals surface area contributed by atoms with E-state index in [1.54, 1.807) is 0 Å². The molecule has 0 fully saturated rings. The Bertz CT molecular complexity index is 308. The highest BCUT2D eigenvalue weighted by atomic mass is 79.9. The summed E-state index contributed by atoms with van der Waals surface area (Å²) in [7, 11) is 0. The first-order valence-electron chi connectivity index (χ1n) is 4.78. The molecule has 4 nitrogen and oxygen atoms in total. The molecule has 1 atom stereocenters. The van der Waals surface area contributed by atoms with Crippen molar-refractivity contribution in [3.63, 3.8) is 0 Å². The molecule has 0 saturated heterocycles. The predicted molar refractivity (Wildman–Crippen MR) is 60.8 cm³/mol. The third-order valence-corrected chi connectivity index (χ3v) is 3.27. The molecule has 0 amide bonds. The van der Waals surface area contributed by atoms with Gasteiger partial charge < -0.3 is 0 Å². The Morgan fingerprint density at radius 1 is 1.64 bits per heavy atom. The lowest BCUT2D eigenvalue weighted by Crippen LogP contribution is -2.34. The van der Waals surface area contributed by atoms with Crippen LogP contribution < -0.4 is 11.3 Å². The maximum absolute atomic E-state index is 5.37. The van der Waals surface area contributed by atoms with Crippen LogP contribution >= 0.6 is 15.9 Å². The summed E-state index contributed by atoms with van der Waals surface area (Å²) in [6.07, 6.45) is 0.881. The van der Waals surface area contributed by atoms with E-state index in [0.29, 0.717) is 0 Å². The van der Waals surface area contributed by atoms with E-state index in [1.165, 1.54) is 5.69 Å². The lowest BCUT2D eigenvalue weighted by atomic mass is 10.2. The molecule has 14 heavy (non-hydrogen) atoms. The van der Waals surface area contributed by atoms with Crippen molar-refractivity contribution in [1.29, 1.82) is 0 Å². The van der Waals surface area contributed by atoms with E-state index in [-0.39, 0.29) is 6.04 Å². The summed E-state index contributed by atoms with van der Waals surface area (Å²) in [6, 6.07) is 0.257. The Balaban J connectivity index is 2.93. The highest BCUT2D eigenvalue weighted by molar-refractivity contribution is 9.10. The maximum Gasteiger partial charge on any atom is 0.0738 e. The molecular weight excluding hydrogens is 244 g/mol. The number of rotatable bonds is 4. The lowest BCUT2D eigenvalue weighted by Gasteiger charge is -2.11. The molecule has 0 radical (unpaired) electrons. The van der Waals surface area contributed by atoms with Gasteiger partial charge in [-0.1, -0.05) is 0 Å². The second-order valence-electron chi connectivity index (χ2n) is 3.43. The van der Waals surface area contributed by atoms with Crippen molar-refractivity contribution >= 4 is 15.9 Å². The molecule has 5 heteroatoms. The van der Waals surface area contributed by atoms with E-state index >= 15 is 0 Å². The standard InChI is InChI=1S/C9H17BrN4/c1-4-14-8(5-6(2)12-11)9(10)7(3)13-14/h6,12H,4-5,11H2,1-3H3.